The van der Waals surface area contributed by atoms with E-state index in [9.17, 15) is 23.3 Å². The molecular weight excluding hydrogens is 308 g/mol. The number of hydrogen-bond donors (Lipinski definition) is 0. The topological polar surface area (TPSA) is 97.6 Å². The highest BCUT2D eigenvalue weighted by Gasteiger charge is 2.20. The van der Waals surface area contributed by atoms with Gasteiger partial charge in [0.1, 0.15) is 0 Å². The number of nitrogens with zero attached hydrogens (tertiary/aromatic N) is 2. The first-order chi connectivity index (χ1) is 10.2. The van der Waals surface area contributed by atoms with Crippen LogP contribution in [0.25, 0.3) is 5.57 Å². The number of nitro benzene ring substituents is 1. The van der Waals surface area contributed by atoms with E-state index < -0.39 is 20.7 Å². The summed E-state index contributed by atoms with van der Waals surface area (Å²) in [6.07, 6.45) is 0. The van der Waals surface area contributed by atoms with Gasteiger partial charge in [-0.3, -0.25) is 14.9 Å². The second-order valence-corrected chi connectivity index (χ2v) is 6.31. The minimum Gasteiger partial charge on any atom is -0.294 e. The summed E-state index contributed by atoms with van der Waals surface area (Å²) in [5.41, 5.74) is -0.0714. The molecule has 0 radical (unpaired) electrons. The maximum atomic E-state index is 12.3. The molecule has 1 aromatic carbocycles. The van der Waals surface area contributed by atoms with Crippen LogP contribution in [0.1, 0.15) is 26.3 Å². The second kappa shape index (κ2) is 7.28. The van der Waals surface area contributed by atoms with Crippen molar-refractivity contribution >= 4 is 27.1 Å². The lowest BCUT2D eigenvalue weighted by atomic mass is 10.0. The molecule has 0 N–H and O–H groups in total. The van der Waals surface area contributed by atoms with Gasteiger partial charge in [0.25, 0.3) is 5.69 Å². The molecule has 22 heavy (non-hydrogen) atoms. The molecule has 0 heterocycles. The lowest BCUT2D eigenvalue weighted by molar-refractivity contribution is -0.384. The van der Waals surface area contributed by atoms with E-state index in [1.54, 1.807) is 13.8 Å². The van der Waals surface area contributed by atoms with Crippen LogP contribution in [0.3, 0.4) is 0 Å². The van der Waals surface area contributed by atoms with Gasteiger partial charge < -0.3 is 0 Å². The van der Waals surface area contributed by atoms with E-state index >= 15 is 0 Å². The molecule has 0 aromatic heterocycles. The molecule has 0 aliphatic carbocycles. The first-order valence-electron chi connectivity index (χ1n) is 6.70. The van der Waals surface area contributed by atoms with Gasteiger partial charge in [0.05, 0.1) is 10.3 Å². The normalized spacial score (nSPS) is 12.5. The third-order valence-corrected chi connectivity index (χ3v) is 4.85. The Morgan fingerprint density at radius 3 is 2.36 bits per heavy atom. The minimum atomic E-state index is -3.77. The summed E-state index contributed by atoms with van der Waals surface area (Å²) in [7, 11) is -3.77. The summed E-state index contributed by atoms with van der Waals surface area (Å²) in [4.78, 5) is 22.0. The molecule has 0 atom stereocenters. The van der Waals surface area contributed by atoms with Crippen LogP contribution in [0.15, 0.2) is 29.7 Å². The Balaban J connectivity index is 3.42. The Hall–Kier alpha value is -2.06. The summed E-state index contributed by atoms with van der Waals surface area (Å²) >= 11 is 0. The van der Waals surface area contributed by atoms with Crippen molar-refractivity contribution in [1.29, 1.82) is 0 Å². The third-order valence-electron chi connectivity index (χ3n) is 3.08. The highest BCUT2D eigenvalue weighted by atomic mass is 32.2. The van der Waals surface area contributed by atoms with Gasteiger partial charge in [-0.15, -0.1) is 0 Å². The quantitative estimate of drug-likeness (QED) is 0.434. The number of sulfonamides is 1. The number of carbonyl (C=O) groups excluding carboxylic acids is 1. The average Bonchev–Trinajstić information content (AvgIpc) is 2.45. The van der Waals surface area contributed by atoms with Gasteiger partial charge in [-0.1, -0.05) is 26.0 Å². The first-order valence-corrected chi connectivity index (χ1v) is 8.20. The lowest BCUT2D eigenvalue weighted by Crippen LogP contribution is -2.29. The van der Waals surface area contributed by atoms with Crippen LogP contribution in [0.2, 0.25) is 0 Å². The molecule has 0 spiro atoms. The number of nitro groups is 1. The third kappa shape index (κ3) is 4.22. The second-order valence-electron chi connectivity index (χ2n) is 4.52. The largest absolute Gasteiger partial charge is 0.294 e. The fourth-order valence-corrected chi connectivity index (χ4v) is 3.42. The van der Waals surface area contributed by atoms with Gasteiger partial charge in [0.2, 0.25) is 10.0 Å². The smallest absolute Gasteiger partial charge is 0.270 e. The van der Waals surface area contributed by atoms with Crippen LogP contribution < -0.4 is 0 Å². The van der Waals surface area contributed by atoms with Gasteiger partial charge >= 0.3 is 0 Å². The van der Waals surface area contributed by atoms with Gasteiger partial charge in [-0.2, -0.15) is 4.31 Å². The van der Waals surface area contributed by atoms with Crippen LogP contribution in [0.4, 0.5) is 5.69 Å². The molecule has 0 saturated heterocycles. The number of hydrogen-bond acceptors (Lipinski definition) is 5. The Kier molecular flexibility index (Phi) is 5.95. The number of benzene rings is 1. The van der Waals surface area contributed by atoms with E-state index in [0.717, 1.165) is 5.41 Å². The maximum Gasteiger partial charge on any atom is 0.270 e. The lowest BCUT2D eigenvalue weighted by Gasteiger charge is -2.16. The Morgan fingerprint density at radius 1 is 1.32 bits per heavy atom. The number of non-ortho nitro benzene ring substituents is 1. The van der Waals surface area contributed by atoms with E-state index in [-0.39, 0.29) is 29.9 Å². The molecule has 0 unspecified atom stereocenters. The molecule has 120 valence electrons. The molecule has 1 aromatic rings. The van der Waals surface area contributed by atoms with Crippen LogP contribution in [0, 0.1) is 10.1 Å². The van der Waals surface area contributed by atoms with Crippen molar-refractivity contribution < 1.29 is 18.1 Å². The zero-order valence-electron chi connectivity index (χ0n) is 12.6. The van der Waals surface area contributed by atoms with Gasteiger partial charge in [-0.25, -0.2) is 8.42 Å². The predicted molar refractivity (Wildman–Crippen MR) is 83.6 cm³/mol. The van der Waals surface area contributed by atoms with Crippen molar-refractivity contribution in [1.82, 2.24) is 4.31 Å². The molecule has 0 aliphatic rings. The first kappa shape index (κ1) is 18.0. The predicted octanol–water partition coefficient (Wildman–Crippen LogP) is 2.20. The standard InChI is InChI=1S/C14H18N2O5S/c1-4-15(5-2)22(20,21)10-14(11(3)17)12-7-6-8-13(9-12)16(18)19/h6-10H,4-5H2,1-3H3. The van der Waals surface area contributed by atoms with Crippen molar-refractivity contribution in [2.75, 3.05) is 13.1 Å². The number of carbonyl (C=O) groups is 1. The van der Waals surface area contributed by atoms with E-state index in [1.165, 1.54) is 35.5 Å². The molecule has 0 bridgehead atoms. The number of rotatable bonds is 7. The highest BCUT2D eigenvalue weighted by molar-refractivity contribution is 7.92. The number of allylic oxidation sites excluding steroid dienone is 1. The van der Waals surface area contributed by atoms with Crippen LogP contribution in [-0.4, -0.2) is 36.5 Å². The van der Waals surface area contributed by atoms with Crippen molar-refractivity contribution in [3.63, 3.8) is 0 Å². The Morgan fingerprint density at radius 2 is 1.91 bits per heavy atom. The van der Waals surface area contributed by atoms with Crippen LogP contribution in [-0.2, 0) is 14.8 Å². The zero-order chi connectivity index (χ0) is 16.9. The summed E-state index contributed by atoms with van der Waals surface area (Å²) in [6.45, 7) is 5.15. The zero-order valence-corrected chi connectivity index (χ0v) is 13.5. The highest BCUT2D eigenvalue weighted by Crippen LogP contribution is 2.22. The van der Waals surface area contributed by atoms with Gasteiger partial charge in [0, 0.05) is 30.8 Å². The average molecular weight is 326 g/mol. The molecule has 0 saturated carbocycles. The molecule has 0 amide bonds. The van der Waals surface area contributed by atoms with E-state index in [4.69, 9.17) is 0 Å². The van der Waals surface area contributed by atoms with Crippen molar-refractivity contribution in [3.05, 3.63) is 45.4 Å². The molecule has 8 heteroatoms. The fourth-order valence-electron chi connectivity index (χ4n) is 1.95. The molecule has 1 rings (SSSR count). The van der Waals surface area contributed by atoms with Gasteiger partial charge in [0.15, 0.2) is 5.78 Å². The van der Waals surface area contributed by atoms with E-state index in [2.05, 4.69) is 0 Å². The van der Waals surface area contributed by atoms with Crippen molar-refractivity contribution in [2.45, 2.75) is 20.8 Å². The van der Waals surface area contributed by atoms with Crippen molar-refractivity contribution in [2.24, 2.45) is 0 Å². The summed E-state index contributed by atoms with van der Waals surface area (Å²) in [5.74, 6) is -0.476. The summed E-state index contributed by atoms with van der Waals surface area (Å²) in [5, 5.41) is 11.7. The number of ketones is 1. The Bertz CT molecular complexity index is 706. The number of Topliss-reactive ketones (excluding diaryl/α,β-unsaturated/α-hetero) is 1. The van der Waals surface area contributed by atoms with Crippen LogP contribution in [0.5, 0.6) is 0 Å². The maximum absolute atomic E-state index is 12.3. The molecular formula is C14H18N2O5S. The van der Waals surface area contributed by atoms with E-state index in [1.807, 2.05) is 0 Å². The Labute approximate surface area is 129 Å². The minimum absolute atomic E-state index is 0.0735. The van der Waals surface area contributed by atoms with Crippen molar-refractivity contribution in [3.8, 4) is 0 Å². The van der Waals surface area contributed by atoms with Gasteiger partial charge in [-0.05, 0) is 12.5 Å². The monoisotopic (exact) mass is 326 g/mol. The summed E-state index contributed by atoms with van der Waals surface area (Å²) in [6, 6.07) is 5.34. The molecule has 7 nitrogen and oxygen atoms in total. The molecule has 0 aliphatic heterocycles. The fraction of sp³-hybridized carbons (Fsp3) is 0.357. The summed E-state index contributed by atoms with van der Waals surface area (Å²) < 4.78 is 25.7. The van der Waals surface area contributed by atoms with Crippen LogP contribution >= 0.6 is 0 Å². The van der Waals surface area contributed by atoms with E-state index in [0.29, 0.717) is 0 Å². The SMILES string of the molecule is CCN(CC)S(=O)(=O)C=C(C(C)=O)c1cccc([N+](=O)[O-])c1. The molecule has 0 fully saturated rings.